The lowest BCUT2D eigenvalue weighted by atomic mass is 10.2. The Morgan fingerprint density at radius 3 is 2.83 bits per heavy atom. The fourth-order valence-electron chi connectivity index (χ4n) is 2.62. The lowest BCUT2D eigenvalue weighted by molar-refractivity contribution is -0.115. The summed E-state index contributed by atoms with van der Waals surface area (Å²) >= 11 is 0. The predicted molar refractivity (Wildman–Crippen MR) is 96.5 cm³/mol. The fraction of sp³-hybridized carbons (Fsp3) is 0.267. The first-order chi connectivity index (χ1) is 10.8. The Hall–Kier alpha value is -2.09. The molecule has 1 fully saturated rings. The van der Waals surface area contributed by atoms with Crippen LogP contribution in [0.15, 0.2) is 35.2 Å². The van der Waals surface area contributed by atoms with Gasteiger partial charge in [0.15, 0.2) is 0 Å². The quantitative estimate of drug-likeness (QED) is 0.747. The number of aromatic amines is 1. The highest BCUT2D eigenvalue weighted by atomic mass is 35.5. The van der Waals surface area contributed by atoms with Gasteiger partial charge in [-0.25, -0.2) is 9.98 Å². The molecule has 1 amide bonds. The largest absolute Gasteiger partial charge is 0.378 e. The molecule has 0 aliphatic carbocycles. The number of carbonyl (C=O) groups excluding carboxylic acids is 1. The molecule has 0 saturated carbocycles. The van der Waals surface area contributed by atoms with Crippen molar-refractivity contribution in [2.45, 2.75) is 0 Å². The molecule has 0 aromatic carbocycles. The molecule has 0 spiro atoms. The highest BCUT2D eigenvalue weighted by Gasteiger charge is 2.25. The van der Waals surface area contributed by atoms with Gasteiger partial charge in [0.1, 0.15) is 11.3 Å². The van der Waals surface area contributed by atoms with E-state index in [9.17, 15) is 4.79 Å². The number of hydrogen-bond acceptors (Lipinski definition) is 5. The number of hydrogen-bond donors (Lipinski definition) is 2. The Bertz CT molecular complexity index is 796. The Labute approximate surface area is 151 Å². The summed E-state index contributed by atoms with van der Waals surface area (Å²) in [5, 5.41) is 3.79. The van der Waals surface area contributed by atoms with Crippen LogP contribution in [0, 0.1) is 0 Å². The summed E-state index contributed by atoms with van der Waals surface area (Å²) < 4.78 is 5.31. The molecule has 4 heterocycles. The zero-order chi connectivity index (χ0) is 14.9. The molecule has 2 aromatic heterocycles. The van der Waals surface area contributed by atoms with E-state index < -0.39 is 0 Å². The number of morpholine rings is 1. The first-order valence-electron chi connectivity index (χ1n) is 7.18. The van der Waals surface area contributed by atoms with Crippen molar-refractivity contribution in [3.63, 3.8) is 0 Å². The monoisotopic (exact) mass is 369 g/mol. The number of guanidine groups is 1. The average molecular weight is 370 g/mol. The molecule has 0 atom stereocenters. The Kier molecular flexibility index (Phi) is 5.82. The van der Waals surface area contributed by atoms with E-state index in [2.05, 4.69) is 20.3 Å². The van der Waals surface area contributed by atoms with Gasteiger partial charge in [-0.3, -0.25) is 10.1 Å². The number of amides is 1. The minimum atomic E-state index is -0.181. The van der Waals surface area contributed by atoms with Gasteiger partial charge in [0.2, 0.25) is 5.96 Å². The molecule has 0 radical (unpaired) electrons. The molecule has 0 bridgehead atoms. The highest BCUT2D eigenvalue weighted by molar-refractivity contribution is 6.14. The van der Waals surface area contributed by atoms with Crippen molar-refractivity contribution in [3.8, 4) is 0 Å². The Balaban J connectivity index is 0.00000104. The molecule has 2 aliphatic heterocycles. The third-order valence-electron chi connectivity index (χ3n) is 3.77. The molecule has 0 unspecified atom stereocenters. The van der Waals surface area contributed by atoms with E-state index >= 15 is 0 Å². The van der Waals surface area contributed by atoms with Crippen LogP contribution in [0.5, 0.6) is 0 Å². The van der Waals surface area contributed by atoms with Crippen molar-refractivity contribution >= 4 is 53.8 Å². The number of nitrogens with one attached hydrogen (secondary N) is 2. The molecule has 2 aliphatic rings. The van der Waals surface area contributed by atoms with Crippen LogP contribution in [0.25, 0.3) is 17.1 Å². The third-order valence-corrected chi connectivity index (χ3v) is 3.77. The van der Waals surface area contributed by atoms with Crippen molar-refractivity contribution in [1.82, 2.24) is 20.2 Å². The smallest absolute Gasteiger partial charge is 0.276 e. The zero-order valence-electron chi connectivity index (χ0n) is 12.7. The van der Waals surface area contributed by atoms with Crippen LogP contribution in [0.4, 0.5) is 0 Å². The maximum atomic E-state index is 12.1. The molecule has 128 valence electrons. The van der Waals surface area contributed by atoms with Crippen molar-refractivity contribution in [3.05, 3.63) is 35.8 Å². The summed E-state index contributed by atoms with van der Waals surface area (Å²) in [6.07, 6.45) is 5.34. The average Bonchev–Trinajstić information content (AvgIpc) is 3.13. The summed E-state index contributed by atoms with van der Waals surface area (Å²) in [4.78, 5) is 25.9. The van der Waals surface area contributed by atoms with Crippen molar-refractivity contribution in [2.24, 2.45) is 4.99 Å². The van der Waals surface area contributed by atoms with Gasteiger partial charge >= 0.3 is 0 Å². The Morgan fingerprint density at radius 2 is 2.04 bits per heavy atom. The lowest BCUT2D eigenvalue weighted by Gasteiger charge is -2.27. The highest BCUT2D eigenvalue weighted by Crippen LogP contribution is 2.20. The molecule has 1 saturated heterocycles. The minimum Gasteiger partial charge on any atom is -0.378 e. The maximum Gasteiger partial charge on any atom is 0.276 e. The van der Waals surface area contributed by atoms with Crippen LogP contribution in [0.1, 0.15) is 5.56 Å². The third kappa shape index (κ3) is 3.38. The van der Waals surface area contributed by atoms with Crippen LogP contribution in [0.3, 0.4) is 0 Å². The van der Waals surface area contributed by atoms with Crippen LogP contribution in [-0.2, 0) is 9.53 Å². The number of pyridine rings is 1. The van der Waals surface area contributed by atoms with Gasteiger partial charge in [-0.2, -0.15) is 0 Å². The van der Waals surface area contributed by atoms with Crippen LogP contribution in [-0.4, -0.2) is 53.0 Å². The molecule has 9 heteroatoms. The second-order valence-electron chi connectivity index (χ2n) is 5.16. The topological polar surface area (TPSA) is 82.6 Å². The molecule has 2 aromatic rings. The van der Waals surface area contributed by atoms with Gasteiger partial charge in [0.05, 0.1) is 13.2 Å². The number of carbonyl (C=O) groups is 1. The molecule has 24 heavy (non-hydrogen) atoms. The van der Waals surface area contributed by atoms with Crippen LogP contribution >= 0.6 is 24.8 Å². The van der Waals surface area contributed by atoms with E-state index in [4.69, 9.17) is 4.74 Å². The number of aromatic nitrogens is 2. The number of rotatable bonds is 1. The van der Waals surface area contributed by atoms with Crippen molar-refractivity contribution < 1.29 is 9.53 Å². The Morgan fingerprint density at radius 1 is 1.25 bits per heavy atom. The summed E-state index contributed by atoms with van der Waals surface area (Å²) in [6, 6.07) is 3.83. The second-order valence-corrected chi connectivity index (χ2v) is 5.16. The first-order valence-corrected chi connectivity index (χ1v) is 7.18. The number of fused-ring (bicyclic) bond motifs is 1. The minimum absolute atomic E-state index is 0. The van der Waals surface area contributed by atoms with Crippen molar-refractivity contribution in [2.75, 3.05) is 26.3 Å². The van der Waals surface area contributed by atoms with Gasteiger partial charge in [0.25, 0.3) is 5.91 Å². The lowest BCUT2D eigenvalue weighted by Crippen LogP contribution is -2.46. The SMILES string of the molecule is Cl.Cl.O=C1NC(N2CCOCC2)=N/C1=C\c1c[nH]c2ncccc12. The molecule has 2 N–H and O–H groups in total. The van der Waals surface area contributed by atoms with Crippen LogP contribution < -0.4 is 5.32 Å². The standard InChI is InChI=1S/C15H15N5O2.2ClH/c21-14-12(18-15(19-14)20-4-6-22-7-5-20)8-10-9-17-13-11(10)2-1-3-16-13;;/h1-3,8-9H,4-7H2,(H,16,17)(H,18,19,21);2*1H/b12-8-;;. The van der Waals surface area contributed by atoms with Gasteiger partial charge in [0, 0.05) is 36.4 Å². The first kappa shape index (κ1) is 18.3. The second kappa shape index (κ2) is 7.65. The number of halogens is 2. The van der Waals surface area contributed by atoms with E-state index in [1.807, 2.05) is 23.2 Å². The molecular formula is C15H17Cl2N5O2. The van der Waals surface area contributed by atoms with E-state index in [1.165, 1.54) is 0 Å². The van der Waals surface area contributed by atoms with E-state index in [-0.39, 0.29) is 30.7 Å². The summed E-state index contributed by atoms with van der Waals surface area (Å²) in [6.45, 7) is 2.79. The maximum absolute atomic E-state index is 12.1. The number of H-pyrrole nitrogens is 1. The van der Waals surface area contributed by atoms with Gasteiger partial charge in [-0.05, 0) is 18.2 Å². The van der Waals surface area contributed by atoms with Gasteiger partial charge in [-0.15, -0.1) is 24.8 Å². The number of ether oxygens (including phenoxy) is 1. The van der Waals surface area contributed by atoms with Gasteiger partial charge < -0.3 is 14.6 Å². The van der Waals surface area contributed by atoms with Crippen molar-refractivity contribution in [1.29, 1.82) is 0 Å². The number of aliphatic imine (C=N–C) groups is 1. The van der Waals surface area contributed by atoms with E-state index in [1.54, 1.807) is 12.3 Å². The summed E-state index contributed by atoms with van der Waals surface area (Å²) in [7, 11) is 0. The normalized spacial score (nSPS) is 18.8. The molecule has 7 nitrogen and oxygen atoms in total. The van der Waals surface area contributed by atoms with E-state index in [0.717, 1.165) is 29.7 Å². The predicted octanol–water partition coefficient (Wildman–Crippen LogP) is 1.57. The summed E-state index contributed by atoms with van der Waals surface area (Å²) in [5.41, 5.74) is 2.11. The summed E-state index contributed by atoms with van der Waals surface area (Å²) in [5.74, 6) is 0.428. The van der Waals surface area contributed by atoms with Crippen LogP contribution in [0.2, 0.25) is 0 Å². The fourth-order valence-corrected chi connectivity index (χ4v) is 2.62. The number of nitrogens with zero attached hydrogens (tertiary/aromatic N) is 3. The van der Waals surface area contributed by atoms with E-state index in [0.29, 0.717) is 24.9 Å². The molecular weight excluding hydrogens is 353 g/mol. The molecule has 4 rings (SSSR count). The zero-order valence-corrected chi connectivity index (χ0v) is 14.3. The van der Waals surface area contributed by atoms with Gasteiger partial charge in [-0.1, -0.05) is 0 Å².